The Hall–Kier alpha value is -0.800. The number of nitrogens with zero attached hydrogens (tertiary/aromatic N) is 2. The number of hydrogen-bond acceptors (Lipinski definition) is 3. The van der Waals surface area contributed by atoms with E-state index in [1.165, 1.54) is 0 Å². The Kier molecular flexibility index (Phi) is 5.03. The zero-order valence-electron chi connectivity index (χ0n) is 10.3. The average molecular weight is 243 g/mol. The molecule has 16 heavy (non-hydrogen) atoms. The fourth-order valence-electron chi connectivity index (χ4n) is 1.56. The third-order valence-electron chi connectivity index (χ3n) is 2.58. The first-order valence-electron chi connectivity index (χ1n) is 5.33. The molecule has 0 aromatic carbocycles. The third kappa shape index (κ3) is 3.35. The molecule has 4 heteroatoms. The molecule has 0 bridgehead atoms. The van der Waals surface area contributed by atoms with Crippen LogP contribution in [-0.4, -0.2) is 31.8 Å². The van der Waals surface area contributed by atoms with Gasteiger partial charge in [-0.05, 0) is 31.5 Å². The molecule has 90 valence electrons. The molecule has 0 amide bonds. The molecule has 0 radical (unpaired) electrons. The van der Waals surface area contributed by atoms with E-state index in [9.17, 15) is 0 Å². The summed E-state index contributed by atoms with van der Waals surface area (Å²) in [6.07, 6.45) is 0. The van der Waals surface area contributed by atoms with Crippen molar-refractivity contribution < 1.29 is 4.74 Å². The summed E-state index contributed by atoms with van der Waals surface area (Å²) in [6.45, 7) is 4.77. The Morgan fingerprint density at radius 3 is 2.75 bits per heavy atom. The van der Waals surface area contributed by atoms with Crippen molar-refractivity contribution in [1.82, 2.24) is 4.98 Å². The third-order valence-corrected chi connectivity index (χ3v) is 2.89. The van der Waals surface area contributed by atoms with Gasteiger partial charge in [0.15, 0.2) is 0 Å². The number of likely N-dealkylation sites (N-methyl/N-ethyl adjacent to an activating group) is 1. The molecule has 0 saturated carbocycles. The van der Waals surface area contributed by atoms with Crippen LogP contribution in [0, 0.1) is 6.92 Å². The minimum Gasteiger partial charge on any atom is -0.383 e. The summed E-state index contributed by atoms with van der Waals surface area (Å²) in [5.74, 6) is 1.46. The fourth-order valence-corrected chi connectivity index (χ4v) is 1.71. The lowest BCUT2D eigenvalue weighted by Crippen LogP contribution is -2.33. The van der Waals surface area contributed by atoms with Crippen LogP contribution in [0.1, 0.15) is 18.2 Å². The number of halogens is 1. The molecule has 1 heterocycles. The molecule has 0 aliphatic carbocycles. The molecule has 0 N–H and O–H groups in total. The number of methoxy groups -OCH3 is 1. The largest absolute Gasteiger partial charge is 0.383 e. The van der Waals surface area contributed by atoms with Gasteiger partial charge in [-0.25, -0.2) is 4.98 Å². The topological polar surface area (TPSA) is 25.4 Å². The average Bonchev–Trinajstić information content (AvgIpc) is 2.27. The van der Waals surface area contributed by atoms with Crippen molar-refractivity contribution in [3.63, 3.8) is 0 Å². The van der Waals surface area contributed by atoms with E-state index in [4.69, 9.17) is 16.3 Å². The first-order chi connectivity index (χ1) is 7.58. The number of alkyl halides is 1. The van der Waals surface area contributed by atoms with Gasteiger partial charge in [-0.3, -0.25) is 0 Å². The minimum absolute atomic E-state index is 0.294. The highest BCUT2D eigenvalue weighted by Gasteiger charge is 2.11. The SMILES string of the molecule is COCC(C)N(C)c1cc(CCl)cc(C)n1. The van der Waals surface area contributed by atoms with Gasteiger partial charge in [0.25, 0.3) is 0 Å². The standard InChI is InChI=1S/C12H19ClN2O/c1-9-5-11(7-13)6-12(14-9)15(3)10(2)8-16-4/h5-6,10H,7-8H2,1-4H3. The Morgan fingerprint density at radius 2 is 2.19 bits per heavy atom. The van der Waals surface area contributed by atoms with Gasteiger partial charge in [0.05, 0.1) is 12.6 Å². The summed E-state index contributed by atoms with van der Waals surface area (Å²) in [4.78, 5) is 6.60. The van der Waals surface area contributed by atoms with E-state index in [0.29, 0.717) is 18.5 Å². The number of rotatable bonds is 5. The highest BCUT2D eigenvalue weighted by atomic mass is 35.5. The maximum atomic E-state index is 5.85. The second kappa shape index (κ2) is 6.06. The van der Waals surface area contributed by atoms with Crippen LogP contribution in [0.2, 0.25) is 0 Å². The Morgan fingerprint density at radius 1 is 1.50 bits per heavy atom. The summed E-state index contributed by atoms with van der Waals surface area (Å²) in [6, 6.07) is 4.32. The smallest absolute Gasteiger partial charge is 0.129 e. The number of hydrogen-bond donors (Lipinski definition) is 0. The van der Waals surface area contributed by atoms with Gasteiger partial charge < -0.3 is 9.64 Å². The second-order valence-corrected chi connectivity index (χ2v) is 4.29. The zero-order chi connectivity index (χ0) is 12.1. The second-order valence-electron chi connectivity index (χ2n) is 4.02. The van der Waals surface area contributed by atoms with Crippen LogP contribution in [0.25, 0.3) is 0 Å². The number of aryl methyl sites for hydroxylation is 1. The zero-order valence-corrected chi connectivity index (χ0v) is 11.1. The van der Waals surface area contributed by atoms with Crippen LogP contribution < -0.4 is 4.90 Å². The highest BCUT2D eigenvalue weighted by molar-refractivity contribution is 6.17. The number of aromatic nitrogens is 1. The first kappa shape index (κ1) is 13.3. The summed E-state index contributed by atoms with van der Waals surface area (Å²) >= 11 is 5.85. The van der Waals surface area contributed by atoms with Crippen LogP contribution in [0.15, 0.2) is 12.1 Å². The highest BCUT2D eigenvalue weighted by Crippen LogP contribution is 2.17. The molecular weight excluding hydrogens is 224 g/mol. The predicted octanol–water partition coefficient (Wildman–Crippen LogP) is 2.60. The van der Waals surface area contributed by atoms with Gasteiger partial charge in [0, 0.05) is 25.7 Å². The van der Waals surface area contributed by atoms with Crippen LogP contribution in [0.4, 0.5) is 5.82 Å². The first-order valence-corrected chi connectivity index (χ1v) is 5.87. The summed E-state index contributed by atoms with van der Waals surface area (Å²) < 4.78 is 5.14. The molecule has 1 aromatic rings. The van der Waals surface area contributed by atoms with Gasteiger partial charge in [0.2, 0.25) is 0 Å². The Bertz CT molecular complexity index is 344. The molecule has 1 aromatic heterocycles. The van der Waals surface area contributed by atoms with Crippen molar-refractivity contribution in [3.05, 3.63) is 23.4 Å². The maximum Gasteiger partial charge on any atom is 0.129 e. The summed E-state index contributed by atoms with van der Waals surface area (Å²) in [5.41, 5.74) is 2.09. The monoisotopic (exact) mass is 242 g/mol. The minimum atomic E-state index is 0.294. The van der Waals surface area contributed by atoms with Gasteiger partial charge in [-0.1, -0.05) is 0 Å². The van der Waals surface area contributed by atoms with Crippen LogP contribution in [0.3, 0.4) is 0 Å². The number of ether oxygens (including phenoxy) is 1. The van der Waals surface area contributed by atoms with Crippen molar-refractivity contribution in [2.45, 2.75) is 25.8 Å². The molecule has 0 saturated heterocycles. The molecule has 3 nitrogen and oxygen atoms in total. The van der Waals surface area contributed by atoms with Crippen molar-refractivity contribution in [1.29, 1.82) is 0 Å². The van der Waals surface area contributed by atoms with E-state index in [1.807, 2.05) is 26.1 Å². The lowest BCUT2D eigenvalue weighted by atomic mass is 10.2. The molecule has 0 fully saturated rings. The molecule has 0 aliphatic heterocycles. The summed E-state index contributed by atoms with van der Waals surface area (Å²) in [5, 5.41) is 0. The Balaban J connectivity index is 2.89. The molecule has 1 atom stereocenters. The lowest BCUT2D eigenvalue weighted by Gasteiger charge is -2.26. The van der Waals surface area contributed by atoms with Crippen LogP contribution >= 0.6 is 11.6 Å². The van der Waals surface area contributed by atoms with Crippen LogP contribution in [-0.2, 0) is 10.6 Å². The van der Waals surface area contributed by atoms with Crippen molar-refractivity contribution in [3.8, 4) is 0 Å². The van der Waals surface area contributed by atoms with Crippen molar-refractivity contribution >= 4 is 17.4 Å². The van der Waals surface area contributed by atoms with E-state index in [2.05, 4.69) is 16.8 Å². The molecular formula is C12H19ClN2O. The van der Waals surface area contributed by atoms with E-state index in [0.717, 1.165) is 17.1 Å². The van der Waals surface area contributed by atoms with E-state index in [-0.39, 0.29) is 0 Å². The number of anilines is 1. The Labute approximate surface area is 102 Å². The summed E-state index contributed by atoms with van der Waals surface area (Å²) in [7, 11) is 3.72. The van der Waals surface area contributed by atoms with Crippen molar-refractivity contribution in [2.75, 3.05) is 25.7 Å². The van der Waals surface area contributed by atoms with E-state index < -0.39 is 0 Å². The van der Waals surface area contributed by atoms with E-state index >= 15 is 0 Å². The normalized spacial score (nSPS) is 12.6. The molecule has 1 unspecified atom stereocenters. The van der Waals surface area contributed by atoms with Gasteiger partial charge in [-0.15, -0.1) is 11.6 Å². The van der Waals surface area contributed by atoms with Crippen molar-refractivity contribution in [2.24, 2.45) is 0 Å². The lowest BCUT2D eigenvalue weighted by molar-refractivity contribution is 0.183. The van der Waals surface area contributed by atoms with Gasteiger partial charge in [0.1, 0.15) is 5.82 Å². The van der Waals surface area contributed by atoms with E-state index in [1.54, 1.807) is 7.11 Å². The quantitative estimate of drug-likeness (QED) is 0.743. The molecule has 0 aliphatic rings. The van der Waals surface area contributed by atoms with Gasteiger partial charge in [-0.2, -0.15) is 0 Å². The van der Waals surface area contributed by atoms with Gasteiger partial charge >= 0.3 is 0 Å². The molecule has 0 spiro atoms. The maximum absolute atomic E-state index is 5.85. The number of pyridine rings is 1. The van der Waals surface area contributed by atoms with Crippen LogP contribution in [0.5, 0.6) is 0 Å². The fraction of sp³-hybridized carbons (Fsp3) is 0.583. The molecule has 1 rings (SSSR count). The predicted molar refractivity (Wildman–Crippen MR) is 68.3 cm³/mol.